The van der Waals surface area contributed by atoms with Crippen LogP contribution in [-0.2, 0) is 0 Å². The Kier molecular flexibility index (Phi) is 6.44. The fraction of sp³-hybridized carbons (Fsp3) is 0. The van der Waals surface area contributed by atoms with Crippen molar-refractivity contribution < 1.29 is 0 Å². The predicted molar refractivity (Wildman–Crippen MR) is 255 cm³/mol. The summed E-state index contributed by atoms with van der Waals surface area (Å²) in [5, 5.41) is 22.9. The summed E-state index contributed by atoms with van der Waals surface area (Å²) < 4.78 is 7.48. The summed E-state index contributed by atoms with van der Waals surface area (Å²) in [7, 11) is 0. The molecule has 0 atom stereocenters. The lowest BCUT2D eigenvalue weighted by Crippen LogP contribution is -1.99. The number of nitrogens with zero attached hydrogens (tertiary/aromatic N) is 5. The summed E-state index contributed by atoms with van der Waals surface area (Å²) in [5.74, 6) is 0.670. The van der Waals surface area contributed by atoms with E-state index in [9.17, 15) is 5.26 Å². The van der Waals surface area contributed by atoms with Crippen LogP contribution in [0.5, 0.6) is 0 Å². The number of benzene rings is 9. The Hall–Kier alpha value is -8.11. The molecule has 0 aliphatic rings. The molecule has 0 saturated heterocycles. The monoisotopic (exact) mass is 791 g/mol. The van der Waals surface area contributed by atoms with Crippen molar-refractivity contribution >= 4 is 113 Å². The Bertz CT molecular complexity index is 4230. The van der Waals surface area contributed by atoms with Crippen molar-refractivity contribution in [3.63, 3.8) is 0 Å². The van der Waals surface area contributed by atoms with Crippen LogP contribution in [0.3, 0.4) is 0 Å². The van der Waals surface area contributed by atoms with Crippen LogP contribution in [-0.4, -0.2) is 18.9 Å². The fourth-order valence-electron chi connectivity index (χ4n) is 10.4. The number of nitriles is 1. The minimum absolute atomic E-state index is 0.617. The smallest absolute Gasteiger partial charge is 0.161 e. The summed E-state index contributed by atoms with van der Waals surface area (Å²) in [6.45, 7) is 0. The second-order valence-electron chi connectivity index (χ2n) is 15.9. The summed E-state index contributed by atoms with van der Waals surface area (Å²) in [6.07, 6.45) is 0. The molecule has 0 fully saturated rings. The van der Waals surface area contributed by atoms with E-state index >= 15 is 0 Å². The molecule has 0 amide bonds. The third kappa shape index (κ3) is 4.27. The maximum absolute atomic E-state index is 9.56. The van der Waals surface area contributed by atoms with Gasteiger partial charge in [0.1, 0.15) is 0 Å². The standard InChI is InChI=1S/C55H29N5S/c56-30-31-24-26-32(27-25-31)50-37-15-3-7-20-42(37)57-55(58-50)41-28-29-45(54-49(41)39-17-6-10-23-46(39)61-54)59-44-22-9-5-16-38(44)47-34-13-1-2-14-35(34)48-40-19-11-18-36-33-12-4-8-21-43(33)60(51(36)40)53(48)52(47)59/h1-29H. The van der Waals surface area contributed by atoms with Crippen LogP contribution in [0.15, 0.2) is 176 Å². The molecule has 0 aliphatic heterocycles. The van der Waals surface area contributed by atoms with E-state index in [4.69, 9.17) is 9.97 Å². The number of rotatable bonds is 3. The Morgan fingerprint density at radius 1 is 0.459 bits per heavy atom. The molecule has 14 rings (SSSR count). The van der Waals surface area contributed by atoms with E-state index in [1.807, 2.05) is 47.7 Å². The van der Waals surface area contributed by atoms with Crippen LogP contribution < -0.4 is 0 Å². The summed E-state index contributed by atoms with van der Waals surface area (Å²) in [5.41, 5.74) is 11.5. The van der Waals surface area contributed by atoms with Gasteiger partial charge < -0.3 is 8.97 Å². The van der Waals surface area contributed by atoms with Gasteiger partial charge in [-0.15, -0.1) is 11.3 Å². The van der Waals surface area contributed by atoms with Gasteiger partial charge in [-0.1, -0.05) is 127 Å². The zero-order valence-electron chi connectivity index (χ0n) is 32.4. The molecule has 5 aromatic heterocycles. The summed E-state index contributed by atoms with van der Waals surface area (Å²) >= 11 is 1.83. The third-order valence-electron chi connectivity index (χ3n) is 12.9. The minimum atomic E-state index is 0.617. The van der Waals surface area contributed by atoms with E-state index in [1.165, 1.54) is 79.9 Å². The summed E-state index contributed by atoms with van der Waals surface area (Å²) in [4.78, 5) is 10.6. The minimum Gasteiger partial charge on any atom is -0.306 e. The van der Waals surface area contributed by atoms with Crippen LogP contribution in [0, 0.1) is 11.3 Å². The van der Waals surface area contributed by atoms with Gasteiger partial charge in [-0.25, -0.2) is 9.97 Å². The molecule has 9 aromatic carbocycles. The molecule has 6 heteroatoms. The average Bonchev–Trinajstić information content (AvgIpc) is 4.08. The van der Waals surface area contributed by atoms with Gasteiger partial charge in [-0.05, 0) is 59.3 Å². The highest BCUT2D eigenvalue weighted by Crippen LogP contribution is 2.50. The van der Waals surface area contributed by atoms with E-state index in [1.54, 1.807) is 0 Å². The molecule has 280 valence electrons. The molecule has 0 saturated carbocycles. The number of aromatic nitrogens is 4. The van der Waals surface area contributed by atoms with Crippen LogP contribution in [0.25, 0.3) is 130 Å². The molecule has 0 spiro atoms. The number of fused-ring (bicyclic) bond motifs is 17. The molecule has 0 aliphatic carbocycles. The van der Waals surface area contributed by atoms with Gasteiger partial charge >= 0.3 is 0 Å². The van der Waals surface area contributed by atoms with Crippen molar-refractivity contribution in [1.82, 2.24) is 18.9 Å². The molecule has 0 bridgehead atoms. The SMILES string of the molecule is N#Cc1ccc(-c2nc(-c3ccc(-n4c5ccccc5c5c6ccccc6c6c7cccc8c9ccccc9n(c87)c6c54)c4sc5ccccc5c34)nc3ccccc23)cc1. The van der Waals surface area contributed by atoms with Crippen LogP contribution in [0.4, 0.5) is 0 Å². The zero-order chi connectivity index (χ0) is 39.9. The van der Waals surface area contributed by atoms with Crippen LogP contribution in [0.1, 0.15) is 5.56 Å². The van der Waals surface area contributed by atoms with Crippen molar-refractivity contribution in [2.24, 2.45) is 0 Å². The van der Waals surface area contributed by atoms with Gasteiger partial charge in [0.25, 0.3) is 0 Å². The van der Waals surface area contributed by atoms with E-state index < -0.39 is 0 Å². The topological polar surface area (TPSA) is 58.9 Å². The first kappa shape index (κ1) is 32.8. The highest BCUT2D eigenvalue weighted by molar-refractivity contribution is 7.26. The van der Waals surface area contributed by atoms with Crippen molar-refractivity contribution in [2.75, 3.05) is 0 Å². The zero-order valence-corrected chi connectivity index (χ0v) is 33.2. The molecule has 61 heavy (non-hydrogen) atoms. The first-order valence-corrected chi connectivity index (χ1v) is 21.3. The third-order valence-corrected chi connectivity index (χ3v) is 14.1. The molecule has 0 unspecified atom stereocenters. The Labute approximate surface area is 351 Å². The second kappa shape index (κ2) is 12.0. The van der Waals surface area contributed by atoms with Crippen LogP contribution in [0.2, 0.25) is 0 Å². The Morgan fingerprint density at radius 3 is 1.90 bits per heavy atom. The number of para-hydroxylation sites is 4. The molecule has 0 N–H and O–H groups in total. The number of hydrogen-bond donors (Lipinski definition) is 0. The highest BCUT2D eigenvalue weighted by atomic mass is 32.1. The normalized spacial score (nSPS) is 12.2. The fourth-order valence-corrected chi connectivity index (χ4v) is 11.6. The van der Waals surface area contributed by atoms with Crippen molar-refractivity contribution in [3.05, 3.63) is 181 Å². The maximum atomic E-state index is 9.56. The maximum Gasteiger partial charge on any atom is 0.161 e. The van der Waals surface area contributed by atoms with Gasteiger partial charge in [0.05, 0.1) is 60.8 Å². The second-order valence-corrected chi connectivity index (χ2v) is 17.0. The lowest BCUT2D eigenvalue weighted by atomic mass is 9.98. The lowest BCUT2D eigenvalue weighted by Gasteiger charge is -2.15. The first-order valence-electron chi connectivity index (χ1n) is 20.5. The molecular formula is C55H29N5S. The Balaban J connectivity index is 1.16. The first-order chi connectivity index (χ1) is 30.2. The van der Waals surface area contributed by atoms with Crippen molar-refractivity contribution in [1.29, 1.82) is 5.26 Å². The molecule has 5 nitrogen and oxygen atoms in total. The van der Waals surface area contributed by atoms with Gasteiger partial charge in [0, 0.05) is 64.3 Å². The summed E-state index contributed by atoms with van der Waals surface area (Å²) in [6, 6.07) is 65.0. The van der Waals surface area contributed by atoms with Gasteiger partial charge in [-0.3, -0.25) is 0 Å². The van der Waals surface area contributed by atoms with E-state index in [0.29, 0.717) is 11.4 Å². The van der Waals surface area contributed by atoms with Gasteiger partial charge in [0.2, 0.25) is 0 Å². The molecule has 5 heterocycles. The Morgan fingerprint density at radius 2 is 1.10 bits per heavy atom. The quantitative estimate of drug-likeness (QED) is 0.179. The molecule has 0 radical (unpaired) electrons. The lowest BCUT2D eigenvalue weighted by molar-refractivity contribution is 1.20. The van der Waals surface area contributed by atoms with E-state index in [-0.39, 0.29) is 0 Å². The number of thiophene rings is 1. The molecular weight excluding hydrogens is 763 g/mol. The van der Waals surface area contributed by atoms with E-state index in [2.05, 4.69) is 155 Å². The number of hydrogen-bond acceptors (Lipinski definition) is 4. The predicted octanol–water partition coefficient (Wildman–Crippen LogP) is 14.6. The van der Waals surface area contributed by atoms with E-state index in [0.717, 1.165) is 44.3 Å². The molecule has 14 aromatic rings. The van der Waals surface area contributed by atoms with Crippen molar-refractivity contribution in [3.8, 4) is 34.4 Å². The largest absolute Gasteiger partial charge is 0.306 e. The average molecular weight is 792 g/mol. The van der Waals surface area contributed by atoms with Crippen molar-refractivity contribution in [2.45, 2.75) is 0 Å². The van der Waals surface area contributed by atoms with Gasteiger partial charge in [0.15, 0.2) is 5.82 Å². The van der Waals surface area contributed by atoms with Gasteiger partial charge in [-0.2, -0.15) is 5.26 Å². The van der Waals surface area contributed by atoms with Crippen LogP contribution >= 0.6 is 11.3 Å². The highest BCUT2D eigenvalue weighted by Gasteiger charge is 2.27.